The van der Waals surface area contributed by atoms with Crippen molar-refractivity contribution >= 4 is 45.0 Å². The van der Waals surface area contributed by atoms with Crippen molar-refractivity contribution in [1.82, 2.24) is 14.3 Å². The normalized spacial score (nSPS) is 12.4. The summed E-state index contributed by atoms with van der Waals surface area (Å²) in [5, 5.41) is 3.72. The van der Waals surface area contributed by atoms with Crippen LogP contribution in [0, 0.1) is 13.8 Å². The molecule has 0 atom stereocenters. The second-order valence-corrected chi connectivity index (χ2v) is 12.4. The molecular formula is C30H37Cl2N3O2S2. The average molecular weight is 607 g/mol. The van der Waals surface area contributed by atoms with E-state index < -0.39 is 10.0 Å². The molecule has 3 rings (SSSR count). The number of hydrogen-bond acceptors (Lipinski definition) is 4. The Morgan fingerprint density at radius 1 is 1.10 bits per heavy atom. The summed E-state index contributed by atoms with van der Waals surface area (Å²) in [4.78, 5) is 4.39. The Morgan fingerprint density at radius 2 is 1.72 bits per heavy atom. The Kier molecular flexibility index (Phi) is 13.6. The highest BCUT2D eigenvalue weighted by atomic mass is 35.5. The molecule has 0 radical (unpaired) electrons. The molecule has 0 bridgehead atoms. The fourth-order valence-electron chi connectivity index (χ4n) is 3.82. The van der Waals surface area contributed by atoms with Crippen LogP contribution in [0.2, 0.25) is 0 Å². The molecule has 1 aromatic carbocycles. The van der Waals surface area contributed by atoms with Crippen molar-refractivity contribution in [1.29, 1.82) is 0 Å². The summed E-state index contributed by atoms with van der Waals surface area (Å²) in [6.45, 7) is 12.9. The molecule has 0 fully saturated rings. The van der Waals surface area contributed by atoms with Crippen LogP contribution in [-0.4, -0.2) is 18.0 Å². The first-order valence-electron chi connectivity index (χ1n) is 12.6. The van der Waals surface area contributed by atoms with Gasteiger partial charge in [-0.05, 0) is 91.6 Å². The van der Waals surface area contributed by atoms with E-state index in [1.54, 1.807) is 42.4 Å². The number of nitrogens with one attached hydrogen (secondary N) is 1. The van der Waals surface area contributed by atoms with Gasteiger partial charge in [0.15, 0.2) is 0 Å². The van der Waals surface area contributed by atoms with Gasteiger partial charge in [-0.2, -0.15) is 0 Å². The van der Waals surface area contributed by atoms with Gasteiger partial charge in [-0.15, -0.1) is 0 Å². The molecule has 210 valence electrons. The lowest BCUT2D eigenvalue weighted by atomic mass is 10.0. The Morgan fingerprint density at radius 3 is 2.26 bits per heavy atom. The van der Waals surface area contributed by atoms with Gasteiger partial charge in [0.1, 0.15) is 0 Å². The van der Waals surface area contributed by atoms with E-state index in [0.29, 0.717) is 11.6 Å². The molecule has 0 amide bonds. The van der Waals surface area contributed by atoms with Crippen LogP contribution in [0.5, 0.6) is 0 Å². The molecule has 3 aromatic rings. The number of pyridine rings is 1. The van der Waals surface area contributed by atoms with Gasteiger partial charge < -0.3 is 4.57 Å². The summed E-state index contributed by atoms with van der Waals surface area (Å²) in [6.07, 6.45) is 9.05. The maximum Gasteiger partial charge on any atom is 0.240 e. The molecule has 2 heterocycles. The lowest BCUT2D eigenvalue weighted by Crippen LogP contribution is -2.24. The first kappa shape index (κ1) is 32.9. The van der Waals surface area contributed by atoms with Gasteiger partial charge in [-0.1, -0.05) is 78.7 Å². The van der Waals surface area contributed by atoms with E-state index in [1.807, 2.05) is 62.6 Å². The van der Waals surface area contributed by atoms with Crippen LogP contribution in [0.15, 0.2) is 92.9 Å². The number of benzene rings is 1. The number of sulfonamides is 1. The highest BCUT2D eigenvalue weighted by molar-refractivity contribution is 8.02. The van der Waals surface area contributed by atoms with Crippen molar-refractivity contribution in [3.63, 3.8) is 0 Å². The first-order chi connectivity index (χ1) is 18.5. The zero-order valence-corrected chi connectivity index (χ0v) is 26.4. The van der Waals surface area contributed by atoms with Crippen molar-refractivity contribution in [2.75, 3.05) is 0 Å². The van der Waals surface area contributed by atoms with Crippen molar-refractivity contribution in [3.8, 4) is 0 Å². The minimum atomic E-state index is -3.64. The molecule has 0 aliphatic heterocycles. The van der Waals surface area contributed by atoms with Crippen LogP contribution >= 0.6 is 35.0 Å². The van der Waals surface area contributed by atoms with E-state index in [4.69, 9.17) is 23.2 Å². The molecule has 0 aliphatic rings. The molecule has 9 heteroatoms. The molecular weight excluding hydrogens is 569 g/mol. The Balaban J connectivity index is 0.00000124. The number of aromatic nitrogens is 2. The van der Waals surface area contributed by atoms with Gasteiger partial charge in [0, 0.05) is 36.2 Å². The van der Waals surface area contributed by atoms with E-state index in [9.17, 15) is 8.42 Å². The maximum atomic E-state index is 13.0. The Hall–Kier alpha value is -2.29. The third kappa shape index (κ3) is 9.69. The molecule has 0 spiro atoms. The van der Waals surface area contributed by atoms with Crippen molar-refractivity contribution in [3.05, 3.63) is 111 Å². The predicted molar refractivity (Wildman–Crippen MR) is 167 cm³/mol. The van der Waals surface area contributed by atoms with Crippen LogP contribution < -0.4 is 4.72 Å². The largest absolute Gasteiger partial charge is 0.335 e. The molecule has 2 aromatic heterocycles. The third-order valence-corrected chi connectivity index (χ3v) is 8.84. The van der Waals surface area contributed by atoms with E-state index in [2.05, 4.69) is 35.0 Å². The standard InChI is InChI=1S/C27H32ClN3O2S2.C3H5Cl/c1-6-23(28)13-16-34-27-26(19(2)3)25(21(5)31(27)18-22-11-14-29-15-12-22)17-30-35(32,33)24-9-7-20(4)8-10-24;1-2-3-4/h6-16,19,30H,17-18H2,1-5H3;2-3H,1H3/b16-13+,23-6+;3-2+. The number of hydrogen-bond donors (Lipinski definition) is 1. The maximum absolute atomic E-state index is 13.0. The average Bonchev–Trinajstić information content (AvgIpc) is 3.18. The van der Waals surface area contributed by atoms with E-state index in [0.717, 1.165) is 33.0 Å². The number of halogens is 2. The van der Waals surface area contributed by atoms with Gasteiger partial charge in [-0.25, -0.2) is 13.1 Å². The van der Waals surface area contributed by atoms with Gasteiger partial charge in [-0.3, -0.25) is 4.98 Å². The first-order valence-corrected chi connectivity index (χ1v) is 15.8. The number of nitrogens with zero attached hydrogens (tertiary/aromatic N) is 2. The molecule has 0 saturated heterocycles. The van der Waals surface area contributed by atoms with Crippen LogP contribution in [0.1, 0.15) is 61.6 Å². The highest BCUT2D eigenvalue weighted by Gasteiger charge is 2.24. The summed E-state index contributed by atoms with van der Waals surface area (Å²) < 4.78 is 31.1. The lowest BCUT2D eigenvalue weighted by molar-refractivity contribution is 0.580. The second-order valence-electron chi connectivity index (χ2n) is 9.07. The quantitative estimate of drug-likeness (QED) is 0.185. The fourth-order valence-corrected chi connectivity index (χ4v) is 6.11. The van der Waals surface area contributed by atoms with Gasteiger partial charge in [0.05, 0.1) is 9.92 Å². The zero-order valence-electron chi connectivity index (χ0n) is 23.3. The SMILES string of the molecule is C/C=C(Cl)\C=C\Sc1c(C(C)C)c(CNS(=O)(=O)c2ccc(C)cc2)c(C)n1Cc1ccncc1.C/C=C/Cl. The topological polar surface area (TPSA) is 64.0 Å². The lowest BCUT2D eigenvalue weighted by Gasteiger charge is -2.13. The van der Waals surface area contributed by atoms with Crippen molar-refractivity contribution < 1.29 is 8.42 Å². The van der Waals surface area contributed by atoms with Crippen molar-refractivity contribution in [2.24, 2.45) is 0 Å². The second kappa shape index (κ2) is 16.1. The van der Waals surface area contributed by atoms with E-state index in [1.165, 1.54) is 5.54 Å². The molecule has 0 aliphatic carbocycles. The van der Waals surface area contributed by atoms with Crippen molar-refractivity contribution in [2.45, 2.75) is 70.5 Å². The van der Waals surface area contributed by atoms with E-state index in [-0.39, 0.29) is 17.4 Å². The van der Waals surface area contributed by atoms with Crippen LogP contribution in [0.4, 0.5) is 0 Å². The number of rotatable bonds is 10. The number of aryl methyl sites for hydroxylation is 1. The zero-order chi connectivity index (χ0) is 29.0. The summed E-state index contributed by atoms with van der Waals surface area (Å²) in [5.41, 5.74) is 6.78. The fraction of sp³-hybridized carbons (Fsp3) is 0.300. The molecule has 5 nitrogen and oxygen atoms in total. The summed E-state index contributed by atoms with van der Waals surface area (Å²) in [5.74, 6) is 0.194. The van der Waals surface area contributed by atoms with Crippen LogP contribution in [-0.2, 0) is 23.1 Å². The monoisotopic (exact) mass is 605 g/mol. The summed E-state index contributed by atoms with van der Waals surface area (Å²) in [6, 6.07) is 10.9. The molecule has 0 saturated carbocycles. The minimum Gasteiger partial charge on any atom is -0.335 e. The van der Waals surface area contributed by atoms with Crippen LogP contribution in [0.3, 0.4) is 0 Å². The predicted octanol–water partition coefficient (Wildman–Crippen LogP) is 8.66. The summed E-state index contributed by atoms with van der Waals surface area (Å²) >= 11 is 12.8. The molecule has 0 unspecified atom stereocenters. The van der Waals surface area contributed by atoms with Gasteiger partial charge in [0.25, 0.3) is 0 Å². The highest BCUT2D eigenvalue weighted by Crippen LogP contribution is 2.37. The van der Waals surface area contributed by atoms with Crippen LogP contribution in [0.25, 0.3) is 0 Å². The Labute approximate surface area is 248 Å². The molecule has 39 heavy (non-hydrogen) atoms. The van der Waals surface area contributed by atoms with Gasteiger partial charge >= 0.3 is 0 Å². The number of allylic oxidation sites excluding steroid dienone is 4. The third-order valence-electron chi connectivity index (χ3n) is 5.89. The molecule has 1 N–H and O–H groups in total. The van der Waals surface area contributed by atoms with E-state index >= 15 is 0 Å². The smallest absolute Gasteiger partial charge is 0.240 e. The Bertz CT molecular complexity index is 1390. The minimum absolute atomic E-state index is 0.194. The number of thioether (sulfide) groups is 1. The summed E-state index contributed by atoms with van der Waals surface area (Å²) in [7, 11) is -3.64. The van der Waals surface area contributed by atoms with Gasteiger partial charge in [0.2, 0.25) is 10.0 Å².